The van der Waals surface area contributed by atoms with E-state index in [1.54, 1.807) is 5.38 Å². The lowest BCUT2D eigenvalue weighted by atomic mass is 10.0. The molecule has 0 saturated carbocycles. The molecule has 2 rings (SSSR count). The summed E-state index contributed by atoms with van der Waals surface area (Å²) < 4.78 is 8.97. The van der Waals surface area contributed by atoms with Crippen molar-refractivity contribution in [2.45, 2.75) is 12.5 Å². The van der Waals surface area contributed by atoms with E-state index in [9.17, 15) is 4.79 Å². The van der Waals surface area contributed by atoms with Crippen molar-refractivity contribution in [3.8, 4) is 0 Å². The topological polar surface area (TPSA) is 72.3 Å². The average Bonchev–Trinajstić information content (AvgIpc) is 2.74. The molecule has 1 aromatic heterocycles. The molecule has 6 heteroatoms. The number of aliphatic carboxylic acids is 1. The Morgan fingerprint density at radius 3 is 3.23 bits per heavy atom. The van der Waals surface area contributed by atoms with Crippen molar-refractivity contribution in [2.24, 2.45) is 5.92 Å². The van der Waals surface area contributed by atoms with E-state index in [0.29, 0.717) is 18.7 Å². The van der Waals surface area contributed by atoms with Gasteiger partial charge in [0.2, 0.25) is 0 Å². The number of hydrogen-bond donors (Lipinski definition) is 1. The second-order valence-electron chi connectivity index (χ2n) is 2.85. The number of nitrogens with zero attached hydrogens (tertiary/aromatic N) is 2. The minimum Gasteiger partial charge on any atom is -0.481 e. The Balaban J connectivity index is 2.19. The lowest BCUT2D eigenvalue weighted by molar-refractivity contribution is -0.143. The average molecular weight is 200 g/mol. The molecule has 0 spiro atoms. The summed E-state index contributed by atoms with van der Waals surface area (Å²) in [5.41, 5.74) is 0.634. The zero-order chi connectivity index (χ0) is 9.26. The molecule has 1 aliphatic heterocycles. The zero-order valence-electron chi connectivity index (χ0n) is 6.71. The Labute approximate surface area is 78.5 Å². The highest BCUT2D eigenvalue weighted by Gasteiger charge is 2.36. The molecule has 1 N–H and O–H groups in total. The Morgan fingerprint density at radius 1 is 1.77 bits per heavy atom. The van der Waals surface area contributed by atoms with Gasteiger partial charge in [-0.2, -0.15) is 0 Å². The Hall–Kier alpha value is -1.01. The van der Waals surface area contributed by atoms with Crippen LogP contribution in [0.5, 0.6) is 0 Å². The van der Waals surface area contributed by atoms with Gasteiger partial charge in [-0.25, -0.2) is 0 Å². The van der Waals surface area contributed by atoms with Crippen molar-refractivity contribution >= 4 is 17.5 Å². The van der Waals surface area contributed by atoms with Crippen LogP contribution in [0.4, 0.5) is 0 Å². The van der Waals surface area contributed by atoms with Crippen LogP contribution >= 0.6 is 11.5 Å². The van der Waals surface area contributed by atoms with Gasteiger partial charge in [-0.05, 0) is 18.0 Å². The maximum atomic E-state index is 10.8. The van der Waals surface area contributed by atoms with Gasteiger partial charge in [0.1, 0.15) is 11.8 Å². The molecule has 0 aliphatic carbocycles. The van der Waals surface area contributed by atoms with Crippen molar-refractivity contribution < 1.29 is 14.6 Å². The molecule has 0 radical (unpaired) electrons. The van der Waals surface area contributed by atoms with Gasteiger partial charge in [0.25, 0.3) is 0 Å². The number of carbonyl (C=O) groups is 1. The van der Waals surface area contributed by atoms with Crippen LogP contribution in [0.2, 0.25) is 0 Å². The summed E-state index contributed by atoms with van der Waals surface area (Å²) in [5, 5.41) is 14.4. The van der Waals surface area contributed by atoms with Crippen LogP contribution in [0, 0.1) is 5.92 Å². The fraction of sp³-hybridized carbons (Fsp3) is 0.571. The quantitative estimate of drug-likeness (QED) is 0.760. The first-order valence-corrected chi connectivity index (χ1v) is 4.74. The first kappa shape index (κ1) is 8.58. The van der Waals surface area contributed by atoms with E-state index in [1.807, 2.05) is 0 Å². The van der Waals surface area contributed by atoms with Crippen LogP contribution in [0.25, 0.3) is 0 Å². The molecule has 1 saturated heterocycles. The van der Waals surface area contributed by atoms with Crippen LogP contribution in [0.15, 0.2) is 5.38 Å². The van der Waals surface area contributed by atoms with Crippen LogP contribution in [0.3, 0.4) is 0 Å². The molecule has 13 heavy (non-hydrogen) atoms. The van der Waals surface area contributed by atoms with Crippen LogP contribution < -0.4 is 0 Å². The highest BCUT2D eigenvalue weighted by Crippen LogP contribution is 2.33. The summed E-state index contributed by atoms with van der Waals surface area (Å²) in [7, 11) is 0. The van der Waals surface area contributed by atoms with Crippen molar-refractivity contribution in [1.29, 1.82) is 0 Å². The zero-order valence-corrected chi connectivity index (χ0v) is 7.53. The monoisotopic (exact) mass is 200 g/mol. The molecule has 2 unspecified atom stereocenters. The van der Waals surface area contributed by atoms with E-state index in [2.05, 4.69) is 9.59 Å². The molecule has 1 aromatic rings. The van der Waals surface area contributed by atoms with Crippen LogP contribution in [-0.4, -0.2) is 27.3 Å². The summed E-state index contributed by atoms with van der Waals surface area (Å²) in [6.07, 6.45) is 0.147. The smallest absolute Gasteiger partial charge is 0.309 e. The van der Waals surface area contributed by atoms with Gasteiger partial charge in [0.05, 0.1) is 5.92 Å². The number of ether oxygens (including phenoxy) is 1. The first-order chi connectivity index (χ1) is 6.29. The van der Waals surface area contributed by atoms with Crippen molar-refractivity contribution in [2.75, 3.05) is 6.61 Å². The van der Waals surface area contributed by atoms with E-state index >= 15 is 0 Å². The summed E-state index contributed by atoms with van der Waals surface area (Å²) in [4.78, 5) is 10.8. The lowest BCUT2D eigenvalue weighted by Gasteiger charge is -2.10. The second kappa shape index (κ2) is 3.39. The SMILES string of the molecule is O=C(O)C1CCOC1c1csnn1. The molecular formula is C7H8N2O3S. The van der Waals surface area contributed by atoms with Gasteiger partial charge in [-0.15, -0.1) is 5.10 Å². The van der Waals surface area contributed by atoms with E-state index in [4.69, 9.17) is 9.84 Å². The molecular weight excluding hydrogens is 192 g/mol. The largest absolute Gasteiger partial charge is 0.481 e. The number of carboxylic acids is 1. The minimum absolute atomic E-state index is 0.406. The summed E-state index contributed by atoms with van der Waals surface area (Å²) in [5.74, 6) is -1.29. The number of hydrogen-bond acceptors (Lipinski definition) is 5. The fourth-order valence-electron chi connectivity index (χ4n) is 1.43. The summed E-state index contributed by atoms with van der Waals surface area (Å²) in [6, 6.07) is 0. The molecule has 0 aromatic carbocycles. The van der Waals surface area contributed by atoms with Crippen LogP contribution in [-0.2, 0) is 9.53 Å². The number of carboxylic acid groups (broad SMARTS) is 1. The van der Waals surface area contributed by atoms with E-state index in [0.717, 1.165) is 0 Å². The van der Waals surface area contributed by atoms with Gasteiger partial charge in [0, 0.05) is 12.0 Å². The second-order valence-corrected chi connectivity index (χ2v) is 3.46. The predicted octanol–water partition coefficient (Wildman–Crippen LogP) is 0.700. The van der Waals surface area contributed by atoms with Gasteiger partial charge >= 0.3 is 5.97 Å². The van der Waals surface area contributed by atoms with E-state index in [-0.39, 0.29) is 0 Å². The highest BCUT2D eigenvalue weighted by molar-refractivity contribution is 7.03. The third kappa shape index (κ3) is 1.54. The Kier molecular flexibility index (Phi) is 2.24. The first-order valence-electron chi connectivity index (χ1n) is 3.90. The molecule has 0 bridgehead atoms. The van der Waals surface area contributed by atoms with Crippen molar-refractivity contribution in [1.82, 2.24) is 9.59 Å². The van der Waals surface area contributed by atoms with Crippen molar-refractivity contribution in [3.05, 3.63) is 11.1 Å². The maximum absolute atomic E-state index is 10.8. The molecule has 1 aliphatic rings. The predicted molar refractivity (Wildman–Crippen MR) is 44.3 cm³/mol. The molecule has 1 fully saturated rings. The molecule has 2 atom stereocenters. The maximum Gasteiger partial charge on any atom is 0.309 e. The Morgan fingerprint density at radius 2 is 2.62 bits per heavy atom. The fourth-order valence-corrected chi connectivity index (χ4v) is 1.91. The highest BCUT2D eigenvalue weighted by atomic mass is 32.1. The van der Waals surface area contributed by atoms with Gasteiger partial charge in [-0.3, -0.25) is 4.79 Å². The Bertz CT molecular complexity index is 301. The molecule has 5 nitrogen and oxygen atoms in total. The number of rotatable bonds is 2. The summed E-state index contributed by atoms with van der Waals surface area (Å²) >= 11 is 1.21. The minimum atomic E-state index is -0.824. The number of aromatic nitrogens is 2. The third-order valence-corrected chi connectivity index (χ3v) is 2.60. The van der Waals surface area contributed by atoms with Gasteiger partial charge < -0.3 is 9.84 Å². The molecule has 2 heterocycles. The van der Waals surface area contributed by atoms with E-state index in [1.165, 1.54) is 11.5 Å². The molecule has 70 valence electrons. The van der Waals surface area contributed by atoms with Gasteiger partial charge in [-0.1, -0.05) is 4.49 Å². The summed E-state index contributed by atoms with van der Waals surface area (Å²) in [6.45, 7) is 0.485. The van der Waals surface area contributed by atoms with Crippen molar-refractivity contribution in [3.63, 3.8) is 0 Å². The molecule has 0 amide bonds. The lowest BCUT2D eigenvalue weighted by Crippen LogP contribution is -2.17. The standard InChI is InChI=1S/C7H8N2O3S/c10-7(11)4-1-2-12-6(4)5-3-13-9-8-5/h3-4,6H,1-2H2,(H,10,11). The van der Waals surface area contributed by atoms with E-state index < -0.39 is 18.0 Å². The third-order valence-electron chi connectivity index (χ3n) is 2.08. The van der Waals surface area contributed by atoms with Crippen LogP contribution in [0.1, 0.15) is 18.2 Å². The normalized spacial score (nSPS) is 27.7. The van der Waals surface area contributed by atoms with Gasteiger partial charge in [0.15, 0.2) is 0 Å².